The van der Waals surface area contributed by atoms with Crippen molar-refractivity contribution in [2.24, 2.45) is 11.3 Å². The van der Waals surface area contributed by atoms with Crippen molar-refractivity contribution in [3.63, 3.8) is 0 Å². The van der Waals surface area contributed by atoms with Gasteiger partial charge < -0.3 is 10.6 Å². The first-order valence-corrected chi connectivity index (χ1v) is 9.28. The Morgan fingerprint density at radius 2 is 1.78 bits per heavy atom. The molecule has 0 radical (unpaired) electrons. The van der Waals surface area contributed by atoms with E-state index in [1.165, 1.54) is 44.1 Å². The van der Waals surface area contributed by atoms with Gasteiger partial charge in [-0.3, -0.25) is 4.79 Å². The zero-order valence-corrected chi connectivity index (χ0v) is 13.9. The number of benzene rings is 1. The molecule has 1 spiro atoms. The molecule has 3 fully saturated rings. The molecular formula is C20H28N2O. The maximum atomic E-state index is 12.7. The van der Waals surface area contributed by atoms with Gasteiger partial charge in [0.25, 0.3) is 0 Å². The van der Waals surface area contributed by atoms with E-state index < -0.39 is 0 Å². The van der Waals surface area contributed by atoms with Crippen LogP contribution in [-0.4, -0.2) is 25.5 Å². The molecule has 1 aromatic carbocycles. The molecule has 23 heavy (non-hydrogen) atoms. The number of carbonyl (C=O) groups is 1. The van der Waals surface area contributed by atoms with E-state index in [4.69, 9.17) is 0 Å². The summed E-state index contributed by atoms with van der Waals surface area (Å²) in [4.78, 5) is 12.7. The first-order valence-electron chi connectivity index (χ1n) is 9.28. The molecule has 1 aromatic rings. The van der Waals surface area contributed by atoms with Crippen LogP contribution in [0, 0.1) is 11.3 Å². The number of hydrogen-bond donors (Lipinski definition) is 2. The Kier molecular flexibility index (Phi) is 3.92. The molecule has 1 amide bonds. The monoisotopic (exact) mass is 312 g/mol. The van der Waals surface area contributed by atoms with E-state index in [-0.39, 0.29) is 11.3 Å². The Hall–Kier alpha value is -1.35. The van der Waals surface area contributed by atoms with Gasteiger partial charge in [0.15, 0.2) is 0 Å². The second kappa shape index (κ2) is 5.94. The number of carbonyl (C=O) groups excluding carboxylic acids is 1. The molecule has 3 nitrogen and oxygen atoms in total. The van der Waals surface area contributed by atoms with Crippen molar-refractivity contribution in [1.29, 1.82) is 0 Å². The average molecular weight is 312 g/mol. The van der Waals surface area contributed by atoms with Crippen molar-refractivity contribution in [3.8, 4) is 0 Å². The standard InChI is InChI=1S/C20H28N2O/c23-18(17-14-19(17)10-12-21-13-11-19)22-15-20(8-4-5-9-20)16-6-2-1-3-7-16/h1-3,6-7,17,21H,4-5,8-15H2,(H,22,23). The van der Waals surface area contributed by atoms with Gasteiger partial charge in [0.1, 0.15) is 0 Å². The van der Waals surface area contributed by atoms with E-state index >= 15 is 0 Å². The van der Waals surface area contributed by atoms with E-state index in [0.29, 0.717) is 11.3 Å². The van der Waals surface area contributed by atoms with Crippen molar-refractivity contribution in [3.05, 3.63) is 35.9 Å². The van der Waals surface area contributed by atoms with Crippen LogP contribution in [0.15, 0.2) is 30.3 Å². The summed E-state index contributed by atoms with van der Waals surface area (Å²) in [6.07, 6.45) is 8.43. The zero-order valence-electron chi connectivity index (χ0n) is 13.9. The Morgan fingerprint density at radius 1 is 1.09 bits per heavy atom. The summed E-state index contributed by atoms with van der Waals surface area (Å²) < 4.78 is 0. The van der Waals surface area contributed by atoms with Crippen molar-refractivity contribution < 1.29 is 4.79 Å². The van der Waals surface area contributed by atoms with Gasteiger partial charge >= 0.3 is 0 Å². The van der Waals surface area contributed by atoms with Crippen LogP contribution >= 0.6 is 0 Å². The van der Waals surface area contributed by atoms with Crippen molar-refractivity contribution >= 4 is 5.91 Å². The highest BCUT2D eigenvalue weighted by Crippen LogP contribution is 2.58. The fourth-order valence-electron chi connectivity index (χ4n) is 4.99. The largest absolute Gasteiger partial charge is 0.355 e. The Morgan fingerprint density at radius 3 is 2.48 bits per heavy atom. The molecule has 2 N–H and O–H groups in total. The SMILES string of the molecule is O=C(NCC1(c2ccccc2)CCCC1)C1CC12CCNCC2. The first kappa shape index (κ1) is 15.2. The maximum Gasteiger partial charge on any atom is 0.223 e. The van der Waals surface area contributed by atoms with Crippen LogP contribution in [0.3, 0.4) is 0 Å². The zero-order chi connectivity index (χ0) is 15.8. The Balaban J connectivity index is 1.40. The summed E-state index contributed by atoms with van der Waals surface area (Å²) in [6.45, 7) is 2.98. The predicted octanol–water partition coefficient (Wildman–Crippen LogP) is 3.00. The molecule has 1 aliphatic heterocycles. The minimum atomic E-state index is 0.174. The molecule has 1 unspecified atom stereocenters. The van der Waals surface area contributed by atoms with E-state index in [2.05, 4.69) is 41.0 Å². The quantitative estimate of drug-likeness (QED) is 0.897. The molecule has 1 atom stereocenters. The lowest BCUT2D eigenvalue weighted by atomic mass is 9.78. The van der Waals surface area contributed by atoms with Gasteiger partial charge in [0, 0.05) is 17.9 Å². The fraction of sp³-hybridized carbons (Fsp3) is 0.650. The molecular weight excluding hydrogens is 284 g/mol. The molecule has 2 saturated carbocycles. The summed E-state index contributed by atoms with van der Waals surface area (Å²) >= 11 is 0. The van der Waals surface area contributed by atoms with Crippen LogP contribution in [0.25, 0.3) is 0 Å². The van der Waals surface area contributed by atoms with E-state index in [9.17, 15) is 4.79 Å². The van der Waals surface area contributed by atoms with Gasteiger partial charge in [-0.05, 0) is 56.2 Å². The second-order valence-corrected chi connectivity index (χ2v) is 7.94. The van der Waals surface area contributed by atoms with Gasteiger partial charge in [-0.25, -0.2) is 0 Å². The second-order valence-electron chi connectivity index (χ2n) is 7.94. The number of piperidine rings is 1. The smallest absolute Gasteiger partial charge is 0.223 e. The summed E-state index contributed by atoms with van der Waals surface area (Å²) in [5, 5.41) is 6.75. The third-order valence-electron chi connectivity index (χ3n) is 6.65. The molecule has 0 aromatic heterocycles. The Bertz CT molecular complexity index is 556. The number of hydrogen-bond acceptors (Lipinski definition) is 2. The highest BCUT2D eigenvalue weighted by molar-refractivity contribution is 5.82. The molecule has 124 valence electrons. The molecule has 1 saturated heterocycles. The van der Waals surface area contributed by atoms with Crippen molar-refractivity contribution in [2.45, 2.75) is 50.4 Å². The van der Waals surface area contributed by atoms with Gasteiger partial charge in [0.05, 0.1) is 0 Å². The molecule has 2 aliphatic carbocycles. The molecule has 0 bridgehead atoms. The lowest BCUT2D eigenvalue weighted by Crippen LogP contribution is -2.41. The minimum Gasteiger partial charge on any atom is -0.355 e. The van der Waals surface area contributed by atoms with Gasteiger partial charge in [0.2, 0.25) is 5.91 Å². The van der Waals surface area contributed by atoms with Crippen LogP contribution in [-0.2, 0) is 10.2 Å². The Labute approximate surface area is 139 Å². The normalized spacial score (nSPS) is 27.7. The highest BCUT2D eigenvalue weighted by atomic mass is 16.2. The summed E-state index contributed by atoms with van der Waals surface area (Å²) in [6, 6.07) is 10.8. The fourth-order valence-corrected chi connectivity index (χ4v) is 4.99. The molecule has 3 heteroatoms. The highest BCUT2D eigenvalue weighted by Gasteiger charge is 2.57. The van der Waals surface area contributed by atoms with Crippen LogP contribution in [0.5, 0.6) is 0 Å². The first-order chi connectivity index (χ1) is 11.2. The van der Waals surface area contributed by atoms with E-state index in [1.54, 1.807) is 0 Å². The summed E-state index contributed by atoms with van der Waals surface area (Å²) in [5.41, 5.74) is 1.92. The number of rotatable bonds is 4. The van der Waals surface area contributed by atoms with E-state index in [1.807, 2.05) is 0 Å². The lowest BCUT2D eigenvalue weighted by Gasteiger charge is -2.30. The topological polar surface area (TPSA) is 41.1 Å². The number of nitrogens with one attached hydrogen (secondary N) is 2. The van der Waals surface area contributed by atoms with Crippen LogP contribution in [0.2, 0.25) is 0 Å². The van der Waals surface area contributed by atoms with Crippen molar-refractivity contribution in [2.75, 3.05) is 19.6 Å². The maximum absolute atomic E-state index is 12.7. The van der Waals surface area contributed by atoms with Crippen molar-refractivity contribution in [1.82, 2.24) is 10.6 Å². The summed E-state index contributed by atoms with van der Waals surface area (Å²) in [5.74, 6) is 0.591. The number of amides is 1. The lowest BCUT2D eigenvalue weighted by molar-refractivity contribution is -0.123. The van der Waals surface area contributed by atoms with Gasteiger partial charge in [-0.15, -0.1) is 0 Å². The van der Waals surface area contributed by atoms with Gasteiger partial charge in [-0.2, -0.15) is 0 Å². The van der Waals surface area contributed by atoms with Crippen LogP contribution < -0.4 is 10.6 Å². The molecule has 1 heterocycles. The predicted molar refractivity (Wildman–Crippen MR) is 92.2 cm³/mol. The van der Waals surface area contributed by atoms with Crippen LogP contribution in [0.1, 0.15) is 50.5 Å². The summed E-state index contributed by atoms with van der Waals surface area (Å²) in [7, 11) is 0. The average Bonchev–Trinajstić information content (AvgIpc) is 3.08. The third-order valence-corrected chi connectivity index (χ3v) is 6.65. The minimum absolute atomic E-state index is 0.174. The third kappa shape index (κ3) is 2.80. The molecule has 4 rings (SSSR count). The van der Waals surface area contributed by atoms with Gasteiger partial charge in [-0.1, -0.05) is 43.2 Å². The molecule has 3 aliphatic rings. The van der Waals surface area contributed by atoms with Crippen LogP contribution in [0.4, 0.5) is 0 Å². The van der Waals surface area contributed by atoms with E-state index in [0.717, 1.165) is 26.1 Å².